The summed E-state index contributed by atoms with van der Waals surface area (Å²) in [5.41, 5.74) is 1.00. The maximum absolute atomic E-state index is 12.1. The smallest absolute Gasteiger partial charge is 0.269 e. The maximum atomic E-state index is 12.1. The molecular weight excluding hydrogens is 260 g/mol. The van der Waals surface area contributed by atoms with Crippen LogP contribution >= 0.6 is 0 Å². The number of amides is 1. The van der Waals surface area contributed by atoms with Crippen molar-refractivity contribution in [3.63, 3.8) is 0 Å². The fourth-order valence-electron chi connectivity index (χ4n) is 1.90. The Hall–Kier alpha value is -1.95. The Morgan fingerprint density at radius 1 is 1.45 bits per heavy atom. The molecule has 1 unspecified atom stereocenters. The van der Waals surface area contributed by atoms with E-state index in [-0.39, 0.29) is 17.7 Å². The van der Waals surface area contributed by atoms with Gasteiger partial charge in [0.1, 0.15) is 0 Å². The lowest BCUT2D eigenvalue weighted by Gasteiger charge is -2.19. The zero-order chi connectivity index (χ0) is 15.3. The van der Waals surface area contributed by atoms with Crippen LogP contribution in [0.1, 0.15) is 29.8 Å². The van der Waals surface area contributed by atoms with Crippen LogP contribution < -0.4 is 5.32 Å². The van der Waals surface area contributed by atoms with Gasteiger partial charge in [-0.1, -0.05) is 13.8 Å². The summed E-state index contributed by atoms with van der Waals surface area (Å²) in [6.45, 7) is 6.11. The van der Waals surface area contributed by atoms with Gasteiger partial charge in [0.25, 0.3) is 11.6 Å². The zero-order valence-corrected chi connectivity index (χ0v) is 12.2. The number of benzene rings is 1. The Labute approximate surface area is 118 Å². The van der Waals surface area contributed by atoms with Crippen molar-refractivity contribution in [3.8, 4) is 0 Å². The van der Waals surface area contributed by atoms with E-state index < -0.39 is 4.92 Å². The number of rotatable bonds is 6. The first kappa shape index (κ1) is 16.1. The summed E-state index contributed by atoms with van der Waals surface area (Å²) in [5, 5.41) is 13.4. The number of aryl methyl sites for hydroxylation is 1. The van der Waals surface area contributed by atoms with E-state index >= 15 is 0 Å². The van der Waals surface area contributed by atoms with Gasteiger partial charge in [-0.05, 0) is 24.5 Å². The highest BCUT2D eigenvalue weighted by atomic mass is 16.6. The monoisotopic (exact) mass is 280 g/mol. The molecule has 1 amide bonds. The molecule has 1 atom stereocenters. The summed E-state index contributed by atoms with van der Waals surface area (Å²) < 4.78 is 5.27. The summed E-state index contributed by atoms with van der Waals surface area (Å²) in [6, 6.07) is 4.20. The first-order chi connectivity index (χ1) is 9.36. The van der Waals surface area contributed by atoms with Crippen molar-refractivity contribution in [2.45, 2.75) is 26.9 Å². The topological polar surface area (TPSA) is 81.5 Å². The molecule has 1 rings (SSSR count). The summed E-state index contributed by atoms with van der Waals surface area (Å²) in [5.74, 6) is 0.0401. The number of nitrogens with zero attached hydrogens (tertiary/aromatic N) is 1. The quantitative estimate of drug-likeness (QED) is 0.640. The van der Waals surface area contributed by atoms with E-state index in [1.165, 1.54) is 18.2 Å². The number of non-ortho nitro benzene ring substituents is 1. The molecule has 0 fully saturated rings. The van der Waals surface area contributed by atoms with Crippen molar-refractivity contribution in [1.82, 2.24) is 5.32 Å². The standard InChI is InChI=1S/C14H20N2O4/c1-9(2)13(20-4)8-15-14(17)12-6-5-11(16(18)19)7-10(12)3/h5-7,9,13H,8H2,1-4H3,(H,15,17). The van der Waals surface area contributed by atoms with E-state index in [0.29, 0.717) is 23.6 Å². The summed E-state index contributed by atoms with van der Waals surface area (Å²) >= 11 is 0. The Balaban J connectivity index is 2.75. The lowest BCUT2D eigenvalue weighted by Crippen LogP contribution is -2.36. The minimum Gasteiger partial charge on any atom is -0.379 e. The van der Waals surface area contributed by atoms with Crippen LogP contribution in [0, 0.1) is 23.0 Å². The van der Waals surface area contributed by atoms with Crippen LogP contribution in [0.4, 0.5) is 5.69 Å². The first-order valence-corrected chi connectivity index (χ1v) is 6.42. The Kier molecular flexibility index (Phi) is 5.64. The molecule has 0 aliphatic rings. The van der Waals surface area contributed by atoms with Crippen molar-refractivity contribution in [3.05, 3.63) is 39.4 Å². The highest BCUT2D eigenvalue weighted by Gasteiger charge is 2.16. The number of carbonyl (C=O) groups excluding carboxylic acids is 1. The van der Waals surface area contributed by atoms with Gasteiger partial charge in [-0.2, -0.15) is 0 Å². The molecule has 1 aromatic rings. The first-order valence-electron chi connectivity index (χ1n) is 6.42. The molecule has 110 valence electrons. The van der Waals surface area contributed by atoms with Gasteiger partial charge >= 0.3 is 0 Å². The Morgan fingerprint density at radius 2 is 2.10 bits per heavy atom. The molecule has 0 spiro atoms. The van der Waals surface area contributed by atoms with Gasteiger partial charge in [-0.3, -0.25) is 14.9 Å². The average Bonchev–Trinajstić information content (AvgIpc) is 2.38. The maximum Gasteiger partial charge on any atom is 0.269 e. The summed E-state index contributed by atoms with van der Waals surface area (Å²) in [7, 11) is 1.61. The predicted molar refractivity (Wildman–Crippen MR) is 75.8 cm³/mol. The van der Waals surface area contributed by atoms with E-state index in [4.69, 9.17) is 4.74 Å². The number of nitro benzene ring substituents is 1. The SMILES string of the molecule is COC(CNC(=O)c1ccc([N+](=O)[O-])cc1C)C(C)C. The van der Waals surface area contributed by atoms with Crippen molar-refractivity contribution in [1.29, 1.82) is 0 Å². The molecule has 0 bridgehead atoms. The van der Waals surface area contributed by atoms with Gasteiger partial charge in [0.15, 0.2) is 0 Å². The van der Waals surface area contributed by atoms with E-state index in [1.807, 2.05) is 13.8 Å². The van der Waals surface area contributed by atoms with Crippen LogP contribution in [0.15, 0.2) is 18.2 Å². The molecule has 0 aromatic heterocycles. The molecular formula is C14H20N2O4. The number of methoxy groups -OCH3 is 1. The molecule has 0 radical (unpaired) electrons. The average molecular weight is 280 g/mol. The molecule has 1 aromatic carbocycles. The molecule has 20 heavy (non-hydrogen) atoms. The van der Waals surface area contributed by atoms with Crippen molar-refractivity contribution >= 4 is 11.6 Å². The molecule has 0 aliphatic heterocycles. The number of hydrogen-bond acceptors (Lipinski definition) is 4. The van der Waals surface area contributed by atoms with Crippen LogP contribution in [0.3, 0.4) is 0 Å². The molecule has 0 saturated heterocycles. The van der Waals surface area contributed by atoms with Gasteiger partial charge in [0.05, 0.1) is 11.0 Å². The van der Waals surface area contributed by atoms with Gasteiger partial charge in [0, 0.05) is 31.4 Å². The minimum absolute atomic E-state index is 0.0176. The molecule has 6 heteroatoms. The fraction of sp³-hybridized carbons (Fsp3) is 0.500. The Bertz CT molecular complexity index is 500. The van der Waals surface area contributed by atoms with Gasteiger partial charge in [0.2, 0.25) is 0 Å². The van der Waals surface area contributed by atoms with Gasteiger partial charge in [-0.15, -0.1) is 0 Å². The number of nitro groups is 1. The van der Waals surface area contributed by atoms with Crippen LogP contribution in [0.25, 0.3) is 0 Å². The third-order valence-electron chi connectivity index (χ3n) is 3.18. The Morgan fingerprint density at radius 3 is 2.55 bits per heavy atom. The molecule has 6 nitrogen and oxygen atoms in total. The van der Waals surface area contributed by atoms with Crippen LogP contribution in [-0.2, 0) is 4.74 Å². The fourth-order valence-corrected chi connectivity index (χ4v) is 1.90. The minimum atomic E-state index is -0.478. The second-order valence-electron chi connectivity index (χ2n) is 4.98. The van der Waals surface area contributed by atoms with Gasteiger partial charge in [-0.25, -0.2) is 0 Å². The lowest BCUT2D eigenvalue weighted by atomic mass is 10.1. The third kappa shape index (κ3) is 4.03. The zero-order valence-electron chi connectivity index (χ0n) is 12.2. The van der Waals surface area contributed by atoms with Crippen LogP contribution in [-0.4, -0.2) is 30.6 Å². The third-order valence-corrected chi connectivity index (χ3v) is 3.18. The van der Waals surface area contributed by atoms with E-state index in [9.17, 15) is 14.9 Å². The van der Waals surface area contributed by atoms with Crippen LogP contribution in [0.5, 0.6) is 0 Å². The second kappa shape index (κ2) is 7.00. The summed E-state index contributed by atoms with van der Waals surface area (Å²) in [6.07, 6.45) is -0.0581. The molecule has 0 saturated carbocycles. The normalized spacial score (nSPS) is 12.2. The van der Waals surface area contributed by atoms with E-state index in [2.05, 4.69) is 5.32 Å². The van der Waals surface area contributed by atoms with Crippen molar-refractivity contribution in [2.75, 3.05) is 13.7 Å². The predicted octanol–water partition coefficient (Wildman–Crippen LogP) is 2.30. The number of nitrogens with one attached hydrogen (secondary N) is 1. The number of hydrogen-bond donors (Lipinski definition) is 1. The van der Waals surface area contributed by atoms with Crippen LogP contribution in [0.2, 0.25) is 0 Å². The largest absolute Gasteiger partial charge is 0.379 e. The van der Waals surface area contributed by atoms with Crippen molar-refractivity contribution < 1.29 is 14.5 Å². The highest BCUT2D eigenvalue weighted by molar-refractivity contribution is 5.95. The van der Waals surface area contributed by atoms with Crippen molar-refractivity contribution in [2.24, 2.45) is 5.92 Å². The molecule has 1 N–H and O–H groups in total. The lowest BCUT2D eigenvalue weighted by molar-refractivity contribution is -0.384. The van der Waals surface area contributed by atoms with Gasteiger partial charge < -0.3 is 10.1 Å². The number of carbonyl (C=O) groups is 1. The second-order valence-corrected chi connectivity index (χ2v) is 4.98. The van der Waals surface area contributed by atoms with E-state index in [1.54, 1.807) is 14.0 Å². The highest BCUT2D eigenvalue weighted by Crippen LogP contribution is 2.17. The number of ether oxygens (including phenoxy) is 1. The van der Waals surface area contributed by atoms with E-state index in [0.717, 1.165) is 0 Å². The summed E-state index contributed by atoms with van der Waals surface area (Å²) in [4.78, 5) is 22.2. The molecule has 0 heterocycles. The molecule has 0 aliphatic carbocycles.